The number of rotatable bonds is 1. The number of carbonyl (C=O) groups is 1. The van der Waals surface area contributed by atoms with E-state index in [4.69, 9.17) is 0 Å². The summed E-state index contributed by atoms with van der Waals surface area (Å²) in [5.74, 6) is -2.36. The lowest BCUT2D eigenvalue weighted by molar-refractivity contribution is -0.328. The minimum absolute atomic E-state index is 0.235. The highest BCUT2D eigenvalue weighted by Crippen LogP contribution is 2.51. The van der Waals surface area contributed by atoms with Gasteiger partial charge in [0.25, 0.3) is 5.41 Å². The van der Waals surface area contributed by atoms with Crippen molar-refractivity contribution < 1.29 is 35.9 Å². The first-order chi connectivity index (χ1) is 7.13. The van der Waals surface area contributed by atoms with Crippen LogP contribution >= 0.6 is 0 Å². The quantitative estimate of drug-likeness (QED) is 0.536. The van der Waals surface area contributed by atoms with Crippen LogP contribution in [-0.4, -0.2) is 23.9 Å². The summed E-state index contributed by atoms with van der Waals surface area (Å²) in [6, 6.07) is 0. The van der Waals surface area contributed by atoms with E-state index in [1.54, 1.807) is 0 Å². The highest BCUT2D eigenvalue weighted by molar-refractivity contribution is 5.78. The van der Waals surface area contributed by atoms with Gasteiger partial charge in [-0.3, -0.25) is 4.79 Å². The highest BCUT2D eigenvalue weighted by Gasteiger charge is 2.73. The molecule has 0 saturated carbocycles. The van der Waals surface area contributed by atoms with Crippen LogP contribution in [0.25, 0.3) is 0 Å². The van der Waals surface area contributed by atoms with Crippen LogP contribution < -0.4 is 0 Å². The molecular formula is C9H12F6O2. The summed E-state index contributed by atoms with van der Waals surface area (Å²) in [4.78, 5) is 11.1. The summed E-state index contributed by atoms with van der Waals surface area (Å²) in [5.41, 5.74) is -5.96. The van der Waals surface area contributed by atoms with Gasteiger partial charge in [-0.2, -0.15) is 26.3 Å². The molecule has 0 heterocycles. The minimum Gasteiger partial charge on any atom is -0.459 e. The fourth-order valence-electron chi connectivity index (χ4n) is 0.772. The van der Waals surface area contributed by atoms with Crippen molar-refractivity contribution in [3.63, 3.8) is 0 Å². The zero-order valence-electron chi connectivity index (χ0n) is 9.58. The molecular weight excluding hydrogens is 254 g/mol. The van der Waals surface area contributed by atoms with Crippen LogP contribution in [0.4, 0.5) is 26.3 Å². The van der Waals surface area contributed by atoms with Gasteiger partial charge < -0.3 is 4.74 Å². The lowest BCUT2D eigenvalue weighted by Gasteiger charge is -2.34. The maximum Gasteiger partial charge on any atom is 0.413 e. The van der Waals surface area contributed by atoms with E-state index in [0.29, 0.717) is 0 Å². The molecule has 0 aliphatic heterocycles. The lowest BCUT2D eigenvalue weighted by atomic mass is 9.88. The average molecular weight is 266 g/mol. The molecule has 0 radical (unpaired) electrons. The van der Waals surface area contributed by atoms with Gasteiger partial charge in [0.05, 0.1) is 0 Å². The molecule has 0 unspecified atom stereocenters. The lowest BCUT2D eigenvalue weighted by Crippen LogP contribution is -2.55. The Morgan fingerprint density at radius 2 is 1.12 bits per heavy atom. The van der Waals surface area contributed by atoms with Gasteiger partial charge in [0.15, 0.2) is 0 Å². The second-order valence-electron chi connectivity index (χ2n) is 4.62. The molecule has 0 amide bonds. The van der Waals surface area contributed by atoms with Crippen molar-refractivity contribution in [1.29, 1.82) is 0 Å². The van der Waals surface area contributed by atoms with Crippen molar-refractivity contribution in [2.45, 2.75) is 45.6 Å². The van der Waals surface area contributed by atoms with Crippen molar-refractivity contribution in [1.82, 2.24) is 0 Å². The van der Waals surface area contributed by atoms with Crippen molar-refractivity contribution >= 4 is 5.97 Å². The highest BCUT2D eigenvalue weighted by atomic mass is 19.4. The molecule has 0 bridgehead atoms. The third kappa shape index (κ3) is 3.26. The van der Waals surface area contributed by atoms with Crippen molar-refractivity contribution in [3.05, 3.63) is 0 Å². The Morgan fingerprint density at radius 1 is 0.824 bits per heavy atom. The zero-order valence-corrected chi connectivity index (χ0v) is 9.58. The van der Waals surface area contributed by atoms with Gasteiger partial charge in [0.1, 0.15) is 5.60 Å². The summed E-state index contributed by atoms with van der Waals surface area (Å²) < 4.78 is 78.6. The van der Waals surface area contributed by atoms with E-state index in [0.717, 1.165) is 0 Å². The van der Waals surface area contributed by atoms with Crippen LogP contribution in [0.15, 0.2) is 0 Å². The van der Waals surface area contributed by atoms with Gasteiger partial charge in [-0.05, 0) is 27.7 Å². The summed E-state index contributed by atoms with van der Waals surface area (Å²) in [6.45, 7) is 3.30. The molecule has 2 nitrogen and oxygen atoms in total. The maximum absolute atomic E-state index is 12.4. The summed E-state index contributed by atoms with van der Waals surface area (Å²) in [7, 11) is 0. The predicted molar refractivity (Wildman–Crippen MR) is 46.1 cm³/mol. The van der Waals surface area contributed by atoms with Crippen molar-refractivity contribution in [2.75, 3.05) is 0 Å². The van der Waals surface area contributed by atoms with E-state index in [-0.39, 0.29) is 6.92 Å². The molecule has 0 fully saturated rings. The Bertz CT molecular complexity index is 282. The Balaban J connectivity index is 5.46. The van der Waals surface area contributed by atoms with Crippen molar-refractivity contribution in [3.8, 4) is 0 Å². The number of ether oxygens (including phenoxy) is 1. The van der Waals surface area contributed by atoms with Crippen LogP contribution in [-0.2, 0) is 9.53 Å². The molecule has 8 heteroatoms. The van der Waals surface area contributed by atoms with Gasteiger partial charge in [0, 0.05) is 0 Å². The maximum atomic E-state index is 12.4. The molecule has 0 spiro atoms. The topological polar surface area (TPSA) is 26.3 Å². The first-order valence-corrected chi connectivity index (χ1v) is 4.50. The van der Waals surface area contributed by atoms with Gasteiger partial charge >= 0.3 is 18.3 Å². The number of esters is 1. The van der Waals surface area contributed by atoms with Gasteiger partial charge in [0.2, 0.25) is 0 Å². The third-order valence-electron chi connectivity index (χ3n) is 1.94. The smallest absolute Gasteiger partial charge is 0.413 e. The normalized spacial score (nSPS) is 14.7. The predicted octanol–water partition coefficient (Wildman–Crippen LogP) is 3.46. The van der Waals surface area contributed by atoms with Gasteiger partial charge in [-0.1, -0.05) is 0 Å². The van der Waals surface area contributed by atoms with Crippen LogP contribution in [0, 0.1) is 5.41 Å². The molecule has 0 rings (SSSR count). The molecule has 0 aliphatic rings. The standard InChI is InChI=1S/C9H12F6O2/c1-6(2,3)17-5(16)7(4,8(10,11)12)9(13,14)15/h1-4H3. The first kappa shape index (κ1) is 16.1. The minimum atomic E-state index is -5.77. The fourth-order valence-corrected chi connectivity index (χ4v) is 0.772. The SMILES string of the molecule is CC(C)(C)OC(=O)C(C)(C(F)(F)F)C(F)(F)F. The molecule has 17 heavy (non-hydrogen) atoms. The third-order valence-corrected chi connectivity index (χ3v) is 1.94. The molecule has 0 N–H and O–H groups in total. The molecule has 0 saturated heterocycles. The van der Waals surface area contributed by atoms with Crippen LogP contribution in [0.1, 0.15) is 27.7 Å². The summed E-state index contributed by atoms with van der Waals surface area (Å²) in [6.07, 6.45) is -11.5. The monoisotopic (exact) mass is 266 g/mol. The number of halogens is 6. The Hall–Kier alpha value is -0.950. The molecule has 0 aromatic rings. The molecule has 0 atom stereocenters. The second-order valence-corrected chi connectivity index (χ2v) is 4.62. The number of hydrogen-bond donors (Lipinski definition) is 0. The zero-order chi connectivity index (χ0) is 14.3. The molecule has 0 aliphatic carbocycles. The Morgan fingerprint density at radius 3 is 1.29 bits per heavy atom. The van der Waals surface area contributed by atoms with Crippen molar-refractivity contribution in [2.24, 2.45) is 5.41 Å². The van der Waals surface area contributed by atoms with E-state index in [1.807, 2.05) is 0 Å². The van der Waals surface area contributed by atoms with Crippen LogP contribution in [0.5, 0.6) is 0 Å². The number of carbonyl (C=O) groups excluding carboxylic acids is 1. The number of hydrogen-bond acceptors (Lipinski definition) is 2. The van der Waals surface area contributed by atoms with E-state index in [9.17, 15) is 31.1 Å². The van der Waals surface area contributed by atoms with Crippen LogP contribution in [0.3, 0.4) is 0 Å². The average Bonchev–Trinajstić information content (AvgIpc) is 1.94. The van der Waals surface area contributed by atoms with Crippen LogP contribution in [0.2, 0.25) is 0 Å². The fraction of sp³-hybridized carbons (Fsp3) is 0.889. The Kier molecular flexibility index (Phi) is 3.83. The van der Waals surface area contributed by atoms with E-state index in [1.165, 1.54) is 20.8 Å². The molecule has 0 aromatic carbocycles. The second kappa shape index (κ2) is 4.06. The first-order valence-electron chi connectivity index (χ1n) is 4.50. The Labute approximate surface area is 93.9 Å². The van der Waals surface area contributed by atoms with Gasteiger partial charge in [-0.15, -0.1) is 0 Å². The van der Waals surface area contributed by atoms with E-state index >= 15 is 0 Å². The number of alkyl halides is 6. The van der Waals surface area contributed by atoms with E-state index < -0.39 is 29.3 Å². The summed E-state index contributed by atoms with van der Waals surface area (Å²) in [5, 5.41) is 0. The summed E-state index contributed by atoms with van der Waals surface area (Å²) >= 11 is 0. The van der Waals surface area contributed by atoms with E-state index in [2.05, 4.69) is 4.74 Å². The molecule has 0 aromatic heterocycles. The molecule has 102 valence electrons. The van der Waals surface area contributed by atoms with Gasteiger partial charge in [-0.25, -0.2) is 0 Å². The largest absolute Gasteiger partial charge is 0.459 e.